The quantitative estimate of drug-likeness (QED) is 0.289. The van der Waals surface area contributed by atoms with Crippen LogP contribution in [0.1, 0.15) is 37.3 Å². The van der Waals surface area contributed by atoms with Gasteiger partial charge in [0.2, 0.25) is 17.7 Å². The second-order valence-corrected chi connectivity index (χ2v) is 9.83. The molecule has 180 valence electrons. The number of esters is 1. The lowest BCUT2D eigenvalue weighted by Gasteiger charge is -2.19. The van der Waals surface area contributed by atoms with E-state index >= 15 is 0 Å². The maximum absolute atomic E-state index is 13.0. The zero-order valence-corrected chi connectivity index (χ0v) is 20.1. The van der Waals surface area contributed by atoms with Crippen molar-refractivity contribution in [1.29, 1.82) is 0 Å². The number of imide groups is 1. The number of rotatable bonds is 4. The topological polar surface area (TPSA) is 84.0 Å². The van der Waals surface area contributed by atoms with Crippen LogP contribution < -0.4 is 14.5 Å². The van der Waals surface area contributed by atoms with Gasteiger partial charge in [-0.25, -0.2) is 4.90 Å². The van der Waals surface area contributed by atoms with Crippen molar-refractivity contribution in [2.75, 3.05) is 16.3 Å². The number of hydrogen-bond donors (Lipinski definition) is 0. The molecule has 3 amide bonds. The van der Waals surface area contributed by atoms with E-state index in [4.69, 9.17) is 4.74 Å². The van der Waals surface area contributed by atoms with E-state index in [9.17, 15) is 19.2 Å². The molecule has 7 nitrogen and oxygen atoms in total. The second-order valence-electron chi connectivity index (χ2n) is 9.83. The van der Waals surface area contributed by atoms with Crippen LogP contribution in [-0.4, -0.2) is 30.2 Å². The zero-order chi connectivity index (χ0) is 24.9. The van der Waals surface area contributed by atoms with Crippen LogP contribution in [0.3, 0.4) is 0 Å². The first-order valence-electron chi connectivity index (χ1n) is 12.0. The van der Waals surface area contributed by atoms with Gasteiger partial charge in [0, 0.05) is 24.7 Å². The molecule has 0 N–H and O–H groups in total. The van der Waals surface area contributed by atoms with Gasteiger partial charge in [0.1, 0.15) is 5.75 Å². The Balaban J connectivity index is 1.30. The minimum absolute atomic E-state index is 0.0741. The lowest BCUT2D eigenvalue weighted by Crippen LogP contribution is -2.31. The number of carbonyl (C=O) groups is 4. The third-order valence-electron chi connectivity index (χ3n) is 7.22. The molecule has 2 fully saturated rings. The van der Waals surface area contributed by atoms with Crippen molar-refractivity contribution in [3.05, 3.63) is 65.2 Å². The fourth-order valence-corrected chi connectivity index (χ4v) is 5.38. The molecule has 0 saturated carbocycles. The number of carbonyl (C=O) groups excluding carboxylic acids is 4. The minimum atomic E-state index is -0.598. The van der Waals surface area contributed by atoms with Gasteiger partial charge in [0.05, 0.1) is 23.4 Å². The maximum Gasteiger partial charge on any atom is 0.316 e. The van der Waals surface area contributed by atoms with Gasteiger partial charge >= 0.3 is 5.97 Å². The van der Waals surface area contributed by atoms with Crippen molar-refractivity contribution < 1.29 is 23.9 Å². The summed E-state index contributed by atoms with van der Waals surface area (Å²) >= 11 is 0. The van der Waals surface area contributed by atoms with Crippen molar-refractivity contribution in [2.24, 2.45) is 17.8 Å². The number of hydrogen-bond acceptors (Lipinski definition) is 5. The van der Waals surface area contributed by atoms with E-state index in [0.29, 0.717) is 18.5 Å². The van der Waals surface area contributed by atoms with E-state index in [1.165, 1.54) is 4.90 Å². The highest BCUT2D eigenvalue weighted by Gasteiger charge is 2.48. The average Bonchev–Trinajstić information content (AvgIpc) is 3.31. The van der Waals surface area contributed by atoms with Gasteiger partial charge < -0.3 is 9.64 Å². The highest BCUT2D eigenvalue weighted by molar-refractivity contribution is 6.22. The molecule has 35 heavy (non-hydrogen) atoms. The van der Waals surface area contributed by atoms with Gasteiger partial charge in [0.25, 0.3) is 0 Å². The third-order valence-corrected chi connectivity index (χ3v) is 7.22. The number of nitrogens with zero attached hydrogens (tertiary/aromatic N) is 2. The van der Waals surface area contributed by atoms with Gasteiger partial charge in [-0.05, 0) is 57.4 Å². The molecular formula is C28H28N2O5. The average molecular weight is 473 g/mol. The third kappa shape index (κ3) is 4.16. The van der Waals surface area contributed by atoms with Crippen molar-refractivity contribution in [2.45, 2.75) is 40.0 Å². The lowest BCUT2D eigenvalue weighted by molar-refractivity contribution is -0.139. The molecular weight excluding hydrogens is 444 g/mol. The number of anilines is 2. The largest absolute Gasteiger partial charge is 0.426 e. The summed E-state index contributed by atoms with van der Waals surface area (Å²) in [6.45, 7) is 6.17. The van der Waals surface area contributed by atoms with Crippen molar-refractivity contribution >= 4 is 35.1 Å². The second kappa shape index (κ2) is 8.80. The van der Waals surface area contributed by atoms with E-state index in [0.717, 1.165) is 22.4 Å². The fraction of sp³-hybridized carbons (Fsp3) is 0.357. The first-order chi connectivity index (χ1) is 16.7. The molecule has 5 rings (SSSR count). The van der Waals surface area contributed by atoms with Crippen molar-refractivity contribution in [3.8, 4) is 5.75 Å². The van der Waals surface area contributed by atoms with Gasteiger partial charge in [-0.15, -0.1) is 0 Å². The Morgan fingerprint density at radius 2 is 1.71 bits per heavy atom. The number of allylic oxidation sites excluding steroid dienone is 2. The Kier molecular flexibility index (Phi) is 5.79. The van der Waals surface area contributed by atoms with Crippen LogP contribution in [0.4, 0.5) is 11.4 Å². The molecule has 0 aromatic heterocycles. The summed E-state index contributed by atoms with van der Waals surface area (Å²) in [6.07, 6.45) is 3.26. The molecule has 3 aliphatic rings. The number of ether oxygens (including phenoxy) is 1. The van der Waals surface area contributed by atoms with Crippen molar-refractivity contribution in [3.63, 3.8) is 0 Å². The molecule has 3 atom stereocenters. The molecule has 2 aromatic carbocycles. The summed E-state index contributed by atoms with van der Waals surface area (Å²) in [5, 5.41) is 0. The SMILES string of the molecule is CC1=CC[C@@H]2C(=O)N(c3cccc(OC(=O)[C@@H]4CC(=O)N(c5ccc(C)cc5C)C4)c3)C(=O)[C@@H]2C1. The highest BCUT2D eigenvalue weighted by atomic mass is 16.5. The van der Waals surface area contributed by atoms with E-state index in [-0.39, 0.29) is 48.3 Å². The van der Waals surface area contributed by atoms with E-state index < -0.39 is 11.9 Å². The summed E-state index contributed by atoms with van der Waals surface area (Å²) in [4.78, 5) is 54.4. The molecule has 0 bridgehead atoms. The molecule has 2 heterocycles. The van der Waals surface area contributed by atoms with Crippen LogP contribution >= 0.6 is 0 Å². The molecule has 2 aromatic rings. The first kappa shape index (κ1) is 23.0. The van der Waals surface area contributed by atoms with Crippen LogP contribution in [0, 0.1) is 31.6 Å². The van der Waals surface area contributed by atoms with Gasteiger partial charge in [-0.3, -0.25) is 19.2 Å². The Labute approximate surface area is 204 Å². The monoisotopic (exact) mass is 472 g/mol. The molecule has 0 unspecified atom stereocenters. The van der Waals surface area contributed by atoms with Crippen LogP contribution in [-0.2, 0) is 19.2 Å². The molecule has 0 spiro atoms. The number of benzene rings is 2. The van der Waals surface area contributed by atoms with Gasteiger partial charge in [-0.1, -0.05) is 35.4 Å². The summed E-state index contributed by atoms with van der Waals surface area (Å²) < 4.78 is 5.61. The Morgan fingerprint density at radius 1 is 0.943 bits per heavy atom. The number of fused-ring (bicyclic) bond motifs is 1. The Bertz CT molecular complexity index is 1280. The molecule has 1 aliphatic carbocycles. The maximum atomic E-state index is 13.0. The summed E-state index contributed by atoms with van der Waals surface area (Å²) in [5.74, 6) is -2.06. The van der Waals surface area contributed by atoms with Crippen molar-refractivity contribution in [1.82, 2.24) is 0 Å². The smallest absolute Gasteiger partial charge is 0.316 e. The summed E-state index contributed by atoms with van der Waals surface area (Å²) in [5.41, 5.74) is 4.41. The molecule has 2 aliphatic heterocycles. The van der Waals surface area contributed by atoms with E-state index in [1.807, 2.05) is 45.0 Å². The predicted octanol–water partition coefficient (Wildman–Crippen LogP) is 4.11. The first-order valence-corrected chi connectivity index (χ1v) is 12.0. The van der Waals surface area contributed by atoms with E-state index in [1.54, 1.807) is 29.2 Å². The molecule has 0 radical (unpaired) electrons. The van der Waals surface area contributed by atoms with Crippen LogP contribution in [0.5, 0.6) is 5.75 Å². The number of amides is 3. The summed E-state index contributed by atoms with van der Waals surface area (Å²) in [7, 11) is 0. The fourth-order valence-electron chi connectivity index (χ4n) is 5.38. The normalized spacial score (nSPS) is 24.0. The molecule has 7 heteroatoms. The molecule has 2 saturated heterocycles. The lowest BCUT2D eigenvalue weighted by atomic mass is 9.82. The predicted molar refractivity (Wildman–Crippen MR) is 131 cm³/mol. The Morgan fingerprint density at radius 3 is 2.49 bits per heavy atom. The van der Waals surface area contributed by atoms with Crippen LogP contribution in [0.15, 0.2) is 54.1 Å². The standard InChI is InChI=1S/C28H28N2O5/c1-16-8-10-24(18(3)11-16)29-15-19(13-25(29)31)28(34)35-21-6-4-5-20(14-21)30-26(32)22-9-7-17(2)12-23(22)27(30)33/h4-8,10-11,14,19,22-23H,9,12-13,15H2,1-3H3/t19-,22+,23-/m1/s1. The number of aryl methyl sites for hydroxylation is 2. The van der Waals surface area contributed by atoms with Gasteiger partial charge in [0.15, 0.2) is 0 Å². The minimum Gasteiger partial charge on any atom is -0.426 e. The van der Waals surface area contributed by atoms with Gasteiger partial charge in [-0.2, -0.15) is 0 Å². The summed E-state index contributed by atoms with van der Waals surface area (Å²) in [6, 6.07) is 12.3. The van der Waals surface area contributed by atoms with E-state index in [2.05, 4.69) is 0 Å². The van der Waals surface area contributed by atoms with Crippen LogP contribution in [0.25, 0.3) is 0 Å². The Hall–Kier alpha value is -3.74. The highest BCUT2D eigenvalue weighted by Crippen LogP contribution is 2.40. The zero-order valence-electron chi connectivity index (χ0n) is 20.1. The van der Waals surface area contributed by atoms with Crippen LogP contribution in [0.2, 0.25) is 0 Å².